The lowest BCUT2D eigenvalue weighted by molar-refractivity contribution is -0.138. The summed E-state index contributed by atoms with van der Waals surface area (Å²) in [6.07, 6.45) is 0.427. The normalized spacial score (nSPS) is 12.8. The molecule has 0 aliphatic carbocycles. The second kappa shape index (κ2) is 5.26. The van der Waals surface area contributed by atoms with Crippen LogP contribution in [0.2, 0.25) is 0 Å². The van der Waals surface area contributed by atoms with Crippen LogP contribution >= 0.6 is 0 Å². The molecule has 5 nitrogen and oxygen atoms in total. The van der Waals surface area contributed by atoms with Gasteiger partial charge in [-0.25, -0.2) is 9.18 Å². The number of benzene rings is 1. The molecule has 0 amide bonds. The van der Waals surface area contributed by atoms with Crippen LogP contribution in [0.1, 0.15) is 20.3 Å². The Morgan fingerprint density at radius 2 is 2.26 bits per heavy atom. The smallest absolute Gasteiger partial charge is 0.326 e. The highest BCUT2D eigenvalue weighted by Gasteiger charge is 2.21. The van der Waals surface area contributed by atoms with Crippen LogP contribution in [0.25, 0.3) is 11.1 Å². The SMILES string of the molecule is CC(C)C[C@H](Nc1nc2c(F)cccc2o1)C(=O)O. The average Bonchev–Trinajstić information content (AvgIpc) is 2.71. The molecule has 0 saturated carbocycles. The zero-order valence-corrected chi connectivity index (χ0v) is 10.7. The van der Waals surface area contributed by atoms with Gasteiger partial charge in [0.05, 0.1) is 0 Å². The highest BCUT2D eigenvalue weighted by atomic mass is 19.1. The summed E-state index contributed by atoms with van der Waals surface area (Å²) in [6, 6.07) is 3.58. The number of aliphatic carboxylic acids is 1. The Kier molecular flexibility index (Phi) is 3.69. The number of aromatic nitrogens is 1. The zero-order chi connectivity index (χ0) is 14.0. The molecule has 2 rings (SSSR count). The van der Waals surface area contributed by atoms with Crippen molar-refractivity contribution in [3.05, 3.63) is 24.0 Å². The third kappa shape index (κ3) is 3.01. The highest BCUT2D eigenvalue weighted by Crippen LogP contribution is 2.22. The summed E-state index contributed by atoms with van der Waals surface area (Å²) >= 11 is 0. The van der Waals surface area contributed by atoms with Crippen LogP contribution in [0.3, 0.4) is 0 Å². The van der Waals surface area contributed by atoms with Crippen molar-refractivity contribution >= 4 is 23.1 Å². The molecule has 1 atom stereocenters. The van der Waals surface area contributed by atoms with Crippen molar-refractivity contribution in [2.45, 2.75) is 26.3 Å². The fourth-order valence-corrected chi connectivity index (χ4v) is 1.82. The van der Waals surface area contributed by atoms with Crippen LogP contribution in [0.15, 0.2) is 22.6 Å². The fraction of sp³-hybridized carbons (Fsp3) is 0.385. The Morgan fingerprint density at radius 3 is 2.84 bits per heavy atom. The second-order valence-electron chi connectivity index (χ2n) is 4.77. The van der Waals surface area contributed by atoms with E-state index in [1.807, 2.05) is 13.8 Å². The van der Waals surface area contributed by atoms with E-state index in [1.165, 1.54) is 12.1 Å². The molecule has 102 valence electrons. The fourth-order valence-electron chi connectivity index (χ4n) is 1.82. The largest absolute Gasteiger partial charge is 0.480 e. The quantitative estimate of drug-likeness (QED) is 0.870. The van der Waals surface area contributed by atoms with Gasteiger partial charge in [0.15, 0.2) is 11.4 Å². The predicted molar refractivity (Wildman–Crippen MR) is 68.5 cm³/mol. The van der Waals surface area contributed by atoms with Crippen molar-refractivity contribution < 1.29 is 18.7 Å². The summed E-state index contributed by atoms with van der Waals surface area (Å²) < 4.78 is 18.7. The van der Waals surface area contributed by atoms with E-state index in [2.05, 4.69) is 10.3 Å². The first kappa shape index (κ1) is 13.3. The van der Waals surface area contributed by atoms with Gasteiger partial charge >= 0.3 is 5.97 Å². The van der Waals surface area contributed by atoms with Gasteiger partial charge in [-0.1, -0.05) is 19.9 Å². The molecule has 0 aliphatic rings. The van der Waals surface area contributed by atoms with Gasteiger partial charge in [0.1, 0.15) is 11.6 Å². The third-order valence-corrected chi connectivity index (χ3v) is 2.67. The molecule has 1 aromatic heterocycles. The number of nitrogens with zero attached hydrogens (tertiary/aromatic N) is 1. The van der Waals surface area contributed by atoms with Crippen LogP contribution in [0.5, 0.6) is 0 Å². The first-order valence-corrected chi connectivity index (χ1v) is 6.01. The molecule has 0 saturated heterocycles. The van der Waals surface area contributed by atoms with Crippen LogP contribution in [0, 0.1) is 11.7 Å². The van der Waals surface area contributed by atoms with Gasteiger partial charge in [0.2, 0.25) is 0 Å². The van der Waals surface area contributed by atoms with E-state index in [0.717, 1.165) is 0 Å². The van der Waals surface area contributed by atoms with E-state index in [9.17, 15) is 9.18 Å². The summed E-state index contributed by atoms with van der Waals surface area (Å²) in [7, 11) is 0. The number of anilines is 1. The lowest BCUT2D eigenvalue weighted by atomic mass is 10.0. The van der Waals surface area contributed by atoms with Gasteiger partial charge in [-0.3, -0.25) is 0 Å². The topological polar surface area (TPSA) is 75.4 Å². The third-order valence-electron chi connectivity index (χ3n) is 2.67. The minimum Gasteiger partial charge on any atom is -0.480 e. The van der Waals surface area contributed by atoms with E-state index in [-0.39, 0.29) is 23.0 Å². The van der Waals surface area contributed by atoms with Gasteiger partial charge in [0.25, 0.3) is 6.01 Å². The molecule has 0 spiro atoms. The van der Waals surface area contributed by atoms with E-state index >= 15 is 0 Å². The monoisotopic (exact) mass is 266 g/mol. The Morgan fingerprint density at radius 1 is 1.53 bits per heavy atom. The Bertz CT molecular complexity index is 595. The Hall–Kier alpha value is -2.11. The summed E-state index contributed by atoms with van der Waals surface area (Å²) in [5, 5.41) is 11.8. The maximum atomic E-state index is 13.4. The van der Waals surface area contributed by atoms with Crippen LogP contribution in [0.4, 0.5) is 10.4 Å². The maximum absolute atomic E-state index is 13.4. The van der Waals surface area contributed by atoms with Crippen LogP contribution in [-0.4, -0.2) is 22.1 Å². The minimum atomic E-state index is -0.989. The molecule has 0 aliphatic heterocycles. The number of carboxylic acids is 1. The van der Waals surface area contributed by atoms with E-state index < -0.39 is 17.8 Å². The summed E-state index contributed by atoms with van der Waals surface area (Å²) in [6.45, 7) is 3.84. The van der Waals surface area contributed by atoms with Crippen molar-refractivity contribution in [1.29, 1.82) is 0 Å². The number of halogens is 1. The number of carboxylic acid groups (broad SMARTS) is 1. The lowest BCUT2D eigenvalue weighted by Crippen LogP contribution is -2.30. The maximum Gasteiger partial charge on any atom is 0.326 e. The van der Waals surface area contributed by atoms with Gasteiger partial charge < -0.3 is 14.8 Å². The van der Waals surface area contributed by atoms with Crippen molar-refractivity contribution in [3.8, 4) is 0 Å². The summed E-state index contributed by atoms with van der Waals surface area (Å²) in [5.41, 5.74) is 0.384. The van der Waals surface area contributed by atoms with Gasteiger partial charge in [-0.15, -0.1) is 0 Å². The molecule has 0 bridgehead atoms. The average molecular weight is 266 g/mol. The van der Waals surface area contributed by atoms with Crippen LogP contribution in [-0.2, 0) is 4.79 Å². The molecule has 19 heavy (non-hydrogen) atoms. The molecule has 6 heteroatoms. The van der Waals surface area contributed by atoms with E-state index in [4.69, 9.17) is 9.52 Å². The first-order chi connectivity index (χ1) is 8.97. The molecule has 2 N–H and O–H groups in total. The standard InChI is InChI=1S/C13H15FN2O3/c1-7(2)6-9(12(17)18)15-13-16-11-8(14)4-3-5-10(11)19-13/h3-5,7,9H,6H2,1-2H3,(H,15,16)(H,17,18)/t9-/m0/s1. The number of oxazole rings is 1. The van der Waals surface area contributed by atoms with Crippen molar-refractivity contribution in [1.82, 2.24) is 4.98 Å². The molecule has 0 fully saturated rings. The molecule has 0 unspecified atom stereocenters. The predicted octanol–water partition coefficient (Wildman–Crippen LogP) is 2.88. The molecular formula is C13H15FN2O3. The summed E-state index contributed by atoms with van der Waals surface area (Å²) in [4.78, 5) is 15.0. The Labute approximate surface area is 109 Å². The van der Waals surface area contributed by atoms with Gasteiger partial charge in [0, 0.05) is 0 Å². The van der Waals surface area contributed by atoms with Crippen LogP contribution < -0.4 is 5.32 Å². The minimum absolute atomic E-state index is 0.0214. The number of para-hydroxylation sites is 1. The number of hydrogen-bond acceptors (Lipinski definition) is 4. The molecular weight excluding hydrogens is 251 g/mol. The summed E-state index contributed by atoms with van der Waals surface area (Å²) in [5.74, 6) is -1.28. The Balaban J connectivity index is 2.24. The van der Waals surface area contributed by atoms with E-state index in [1.54, 1.807) is 6.07 Å². The molecule has 2 aromatic rings. The first-order valence-electron chi connectivity index (χ1n) is 6.01. The highest BCUT2D eigenvalue weighted by molar-refractivity contribution is 5.78. The number of carbonyl (C=O) groups is 1. The number of nitrogens with one attached hydrogen (secondary N) is 1. The van der Waals surface area contributed by atoms with Crippen molar-refractivity contribution in [2.24, 2.45) is 5.92 Å². The molecule has 1 aromatic carbocycles. The lowest BCUT2D eigenvalue weighted by Gasteiger charge is -2.14. The number of fused-ring (bicyclic) bond motifs is 1. The number of rotatable bonds is 5. The van der Waals surface area contributed by atoms with E-state index in [0.29, 0.717) is 6.42 Å². The van der Waals surface area contributed by atoms with Gasteiger partial charge in [-0.2, -0.15) is 4.98 Å². The number of hydrogen-bond donors (Lipinski definition) is 2. The van der Waals surface area contributed by atoms with Crippen molar-refractivity contribution in [3.63, 3.8) is 0 Å². The molecule has 1 heterocycles. The molecule has 0 radical (unpaired) electrons. The second-order valence-corrected chi connectivity index (χ2v) is 4.77. The zero-order valence-electron chi connectivity index (χ0n) is 10.7. The van der Waals surface area contributed by atoms with Crippen molar-refractivity contribution in [2.75, 3.05) is 5.32 Å². The van der Waals surface area contributed by atoms with Gasteiger partial charge in [-0.05, 0) is 24.5 Å².